The Morgan fingerprint density at radius 1 is 1.00 bits per heavy atom. The number of hydrogen-bond donors (Lipinski definition) is 1. The first-order valence-electron chi connectivity index (χ1n) is 7.52. The highest BCUT2D eigenvalue weighted by Gasteiger charge is 2.50. The number of rotatable bonds is 4. The molecule has 0 aromatic rings. The van der Waals surface area contributed by atoms with Gasteiger partial charge in [-0.3, -0.25) is 9.59 Å². The van der Waals surface area contributed by atoms with Crippen molar-refractivity contribution in [3.8, 4) is 0 Å². The lowest BCUT2D eigenvalue weighted by Crippen LogP contribution is -2.56. The van der Waals surface area contributed by atoms with Gasteiger partial charge in [-0.25, -0.2) is 0 Å². The average Bonchev–Trinajstić information content (AvgIpc) is 2.34. The summed E-state index contributed by atoms with van der Waals surface area (Å²) in [4.78, 5) is 24.6. The molecule has 0 unspecified atom stereocenters. The molecule has 4 aliphatic rings. The lowest BCUT2D eigenvalue weighted by atomic mass is 9.54. The minimum Gasteiger partial charge on any atom is -0.481 e. The standard InChI is InChI=1S/C15H23NO3/c1-16(13(17)2-3-14(18)19)15-11-5-9-4-10(7-11)8-12(15)6-9/h9-12,15H,2-8H2,1H3,(H,18,19). The summed E-state index contributed by atoms with van der Waals surface area (Å²) in [5, 5.41) is 8.69. The first-order chi connectivity index (χ1) is 9.04. The number of carbonyl (C=O) groups excluding carboxylic acids is 1. The number of amides is 1. The first kappa shape index (κ1) is 12.9. The van der Waals surface area contributed by atoms with E-state index < -0.39 is 5.97 Å². The van der Waals surface area contributed by atoms with Crippen LogP contribution in [0.3, 0.4) is 0 Å². The molecule has 4 heteroatoms. The first-order valence-corrected chi connectivity index (χ1v) is 7.52. The molecule has 0 spiro atoms. The molecule has 4 aliphatic carbocycles. The molecule has 0 heterocycles. The number of carboxylic acids is 1. The Labute approximate surface area is 114 Å². The van der Waals surface area contributed by atoms with Crippen LogP contribution in [0, 0.1) is 23.7 Å². The highest BCUT2D eigenvalue weighted by molar-refractivity contribution is 5.80. The van der Waals surface area contributed by atoms with Crippen LogP contribution in [0.5, 0.6) is 0 Å². The number of hydrogen-bond acceptors (Lipinski definition) is 2. The van der Waals surface area contributed by atoms with Gasteiger partial charge >= 0.3 is 5.97 Å². The van der Waals surface area contributed by atoms with E-state index in [9.17, 15) is 9.59 Å². The molecule has 4 fully saturated rings. The third kappa shape index (κ3) is 2.37. The Kier molecular flexibility index (Phi) is 3.27. The molecule has 4 rings (SSSR count). The summed E-state index contributed by atoms with van der Waals surface area (Å²) in [6.07, 6.45) is 6.66. The fourth-order valence-electron chi connectivity index (χ4n) is 5.09. The Hall–Kier alpha value is -1.06. The van der Waals surface area contributed by atoms with Gasteiger partial charge < -0.3 is 10.0 Å². The van der Waals surface area contributed by atoms with Crippen molar-refractivity contribution < 1.29 is 14.7 Å². The maximum atomic E-state index is 12.1. The molecule has 4 bridgehead atoms. The van der Waals surface area contributed by atoms with Crippen molar-refractivity contribution in [2.24, 2.45) is 23.7 Å². The molecule has 4 nitrogen and oxygen atoms in total. The third-order valence-corrected chi connectivity index (χ3v) is 5.57. The quantitative estimate of drug-likeness (QED) is 0.847. The summed E-state index contributed by atoms with van der Waals surface area (Å²) in [5.41, 5.74) is 0. The molecule has 4 saturated carbocycles. The monoisotopic (exact) mass is 265 g/mol. The van der Waals surface area contributed by atoms with Crippen molar-refractivity contribution in [2.45, 2.75) is 51.0 Å². The zero-order chi connectivity index (χ0) is 13.6. The molecular formula is C15H23NO3. The summed E-state index contributed by atoms with van der Waals surface area (Å²) >= 11 is 0. The van der Waals surface area contributed by atoms with Crippen LogP contribution >= 0.6 is 0 Å². The van der Waals surface area contributed by atoms with E-state index in [1.54, 1.807) is 0 Å². The molecule has 106 valence electrons. The zero-order valence-electron chi connectivity index (χ0n) is 11.5. The molecule has 0 aromatic carbocycles. The second-order valence-corrected chi connectivity index (χ2v) is 6.82. The SMILES string of the molecule is CN(C(=O)CCC(=O)O)C1C2CC3CC(C2)CC1C3. The van der Waals surface area contributed by atoms with Gasteiger partial charge in [-0.2, -0.15) is 0 Å². The van der Waals surface area contributed by atoms with Crippen LogP contribution in [-0.2, 0) is 9.59 Å². The normalized spacial score (nSPS) is 39.3. The molecule has 0 atom stereocenters. The largest absolute Gasteiger partial charge is 0.481 e. The van der Waals surface area contributed by atoms with Gasteiger partial charge in [0, 0.05) is 19.5 Å². The third-order valence-electron chi connectivity index (χ3n) is 5.57. The van der Waals surface area contributed by atoms with Crippen LogP contribution in [0.1, 0.15) is 44.9 Å². The molecule has 0 radical (unpaired) electrons. The average molecular weight is 265 g/mol. The van der Waals surface area contributed by atoms with E-state index in [0.29, 0.717) is 17.9 Å². The van der Waals surface area contributed by atoms with E-state index in [2.05, 4.69) is 0 Å². The Bertz CT molecular complexity index is 365. The van der Waals surface area contributed by atoms with Gasteiger partial charge in [0.25, 0.3) is 0 Å². The minimum atomic E-state index is -0.883. The smallest absolute Gasteiger partial charge is 0.303 e. The summed E-state index contributed by atoms with van der Waals surface area (Å²) in [7, 11) is 1.89. The highest BCUT2D eigenvalue weighted by Crippen LogP contribution is 2.54. The van der Waals surface area contributed by atoms with Crippen LogP contribution in [0.4, 0.5) is 0 Å². The zero-order valence-corrected chi connectivity index (χ0v) is 11.5. The minimum absolute atomic E-state index is 0.0138. The van der Waals surface area contributed by atoms with Crippen molar-refractivity contribution in [3.05, 3.63) is 0 Å². The second kappa shape index (κ2) is 4.80. The second-order valence-electron chi connectivity index (χ2n) is 6.82. The van der Waals surface area contributed by atoms with Crippen LogP contribution < -0.4 is 0 Å². The highest BCUT2D eigenvalue weighted by atomic mass is 16.4. The number of carbonyl (C=O) groups is 2. The lowest BCUT2D eigenvalue weighted by Gasteiger charge is -2.56. The molecular weight excluding hydrogens is 242 g/mol. The Morgan fingerprint density at radius 3 is 2.00 bits per heavy atom. The fraction of sp³-hybridized carbons (Fsp3) is 0.867. The van der Waals surface area contributed by atoms with Crippen LogP contribution in [0.15, 0.2) is 0 Å². The maximum Gasteiger partial charge on any atom is 0.303 e. The van der Waals surface area contributed by atoms with Gasteiger partial charge in [0.1, 0.15) is 0 Å². The molecule has 0 aromatic heterocycles. The molecule has 1 N–H and O–H groups in total. The van der Waals surface area contributed by atoms with Gasteiger partial charge in [-0.1, -0.05) is 0 Å². The van der Waals surface area contributed by atoms with E-state index >= 15 is 0 Å². The van der Waals surface area contributed by atoms with Gasteiger partial charge in [0.05, 0.1) is 6.42 Å². The number of aliphatic carboxylic acids is 1. The van der Waals surface area contributed by atoms with E-state index in [1.165, 1.54) is 32.1 Å². The molecule has 0 saturated heterocycles. The Balaban J connectivity index is 1.65. The van der Waals surface area contributed by atoms with Gasteiger partial charge in [-0.15, -0.1) is 0 Å². The Morgan fingerprint density at radius 2 is 1.53 bits per heavy atom. The van der Waals surface area contributed by atoms with Crippen molar-refractivity contribution in [3.63, 3.8) is 0 Å². The predicted molar refractivity (Wildman–Crippen MR) is 70.5 cm³/mol. The van der Waals surface area contributed by atoms with E-state index in [0.717, 1.165) is 11.8 Å². The molecule has 0 aliphatic heterocycles. The number of carboxylic acid groups (broad SMARTS) is 1. The van der Waals surface area contributed by atoms with Crippen LogP contribution in [0.2, 0.25) is 0 Å². The van der Waals surface area contributed by atoms with Crippen molar-refractivity contribution >= 4 is 11.9 Å². The van der Waals surface area contributed by atoms with Crippen LogP contribution in [-0.4, -0.2) is 35.0 Å². The van der Waals surface area contributed by atoms with Gasteiger partial charge in [0.15, 0.2) is 0 Å². The van der Waals surface area contributed by atoms with Crippen molar-refractivity contribution in [1.82, 2.24) is 4.90 Å². The predicted octanol–water partition coefficient (Wildman–Crippen LogP) is 2.13. The topological polar surface area (TPSA) is 57.6 Å². The summed E-state index contributed by atoms with van der Waals surface area (Å²) < 4.78 is 0. The maximum absolute atomic E-state index is 12.1. The van der Waals surface area contributed by atoms with Crippen LogP contribution in [0.25, 0.3) is 0 Å². The van der Waals surface area contributed by atoms with E-state index in [1.807, 2.05) is 11.9 Å². The summed E-state index contributed by atoms with van der Waals surface area (Å²) in [5.74, 6) is 2.29. The number of nitrogens with zero attached hydrogens (tertiary/aromatic N) is 1. The lowest BCUT2D eigenvalue weighted by molar-refractivity contribution is -0.145. The van der Waals surface area contributed by atoms with E-state index in [4.69, 9.17) is 5.11 Å². The molecule has 1 amide bonds. The summed E-state index contributed by atoms with van der Waals surface area (Å²) in [6.45, 7) is 0. The van der Waals surface area contributed by atoms with Crippen molar-refractivity contribution in [1.29, 1.82) is 0 Å². The van der Waals surface area contributed by atoms with Gasteiger partial charge in [-0.05, 0) is 55.8 Å². The van der Waals surface area contributed by atoms with Crippen molar-refractivity contribution in [2.75, 3.05) is 7.05 Å². The van der Waals surface area contributed by atoms with E-state index in [-0.39, 0.29) is 18.7 Å². The summed E-state index contributed by atoms with van der Waals surface area (Å²) in [6, 6.07) is 0.383. The fourth-order valence-corrected chi connectivity index (χ4v) is 5.09. The van der Waals surface area contributed by atoms with Gasteiger partial charge in [0.2, 0.25) is 5.91 Å². The molecule has 19 heavy (non-hydrogen) atoms.